The van der Waals surface area contributed by atoms with E-state index in [4.69, 9.17) is 9.47 Å². The molecule has 9 heteroatoms. The third kappa shape index (κ3) is 6.92. The molecule has 150 valence electrons. The average molecular weight is 386 g/mol. The molecule has 7 nitrogen and oxygen atoms in total. The van der Waals surface area contributed by atoms with Gasteiger partial charge in [-0.1, -0.05) is 12.1 Å². The maximum atomic E-state index is 12.1. The first-order valence-electron chi connectivity index (χ1n) is 8.57. The van der Waals surface area contributed by atoms with Crippen LogP contribution in [0.1, 0.15) is 26.3 Å². The number of halogens is 2. The number of rotatable bonds is 4. The minimum absolute atomic E-state index is 0.0140. The highest BCUT2D eigenvalue weighted by molar-refractivity contribution is 5.70. The molecule has 1 heterocycles. The van der Waals surface area contributed by atoms with E-state index in [0.717, 1.165) is 0 Å². The lowest BCUT2D eigenvalue weighted by Gasteiger charge is -2.35. The molecule has 0 unspecified atom stereocenters. The van der Waals surface area contributed by atoms with Gasteiger partial charge in [0.1, 0.15) is 18.0 Å². The molecule has 0 aliphatic carbocycles. The Morgan fingerprint density at radius 3 is 2.00 bits per heavy atom. The number of nitrogens with zero attached hydrogens (tertiary/aromatic N) is 2. The second kappa shape index (κ2) is 8.88. The van der Waals surface area contributed by atoms with Gasteiger partial charge in [-0.25, -0.2) is 9.59 Å². The lowest BCUT2D eigenvalue weighted by Crippen LogP contribution is -2.51. The second-order valence-corrected chi connectivity index (χ2v) is 7.03. The van der Waals surface area contributed by atoms with E-state index in [9.17, 15) is 18.4 Å². The van der Waals surface area contributed by atoms with Crippen molar-refractivity contribution in [3.05, 3.63) is 29.8 Å². The van der Waals surface area contributed by atoms with Crippen LogP contribution in [0.15, 0.2) is 24.3 Å². The topological polar surface area (TPSA) is 68.3 Å². The minimum Gasteiger partial charge on any atom is -0.445 e. The first-order valence-corrected chi connectivity index (χ1v) is 8.57. The summed E-state index contributed by atoms with van der Waals surface area (Å²) in [6.45, 7) is 3.94. The van der Waals surface area contributed by atoms with Crippen LogP contribution in [0.4, 0.5) is 18.4 Å². The van der Waals surface area contributed by atoms with Gasteiger partial charge in [-0.05, 0) is 38.5 Å². The number of benzene rings is 1. The summed E-state index contributed by atoms with van der Waals surface area (Å²) in [7, 11) is 0. The molecule has 2 rings (SSSR count). The van der Waals surface area contributed by atoms with Crippen molar-refractivity contribution in [1.29, 1.82) is 0 Å². The molecule has 0 aromatic heterocycles. The zero-order valence-corrected chi connectivity index (χ0v) is 15.6. The van der Waals surface area contributed by atoms with Gasteiger partial charge in [-0.2, -0.15) is 8.78 Å². The van der Waals surface area contributed by atoms with Crippen molar-refractivity contribution < 1.29 is 32.6 Å². The molecule has 1 fully saturated rings. The fourth-order valence-electron chi connectivity index (χ4n) is 2.40. The second-order valence-electron chi connectivity index (χ2n) is 7.03. The molecule has 27 heavy (non-hydrogen) atoms. The number of carbonyl (C=O) groups is 2. The normalized spacial score (nSPS) is 14.9. The van der Waals surface area contributed by atoms with Gasteiger partial charge in [0.2, 0.25) is 0 Å². The van der Waals surface area contributed by atoms with Crippen LogP contribution < -0.4 is 4.74 Å². The molecule has 0 spiro atoms. The third-order valence-electron chi connectivity index (χ3n) is 3.70. The lowest BCUT2D eigenvalue weighted by atomic mass is 10.2. The maximum Gasteiger partial charge on any atom is 0.410 e. The summed E-state index contributed by atoms with van der Waals surface area (Å²) < 4.78 is 39.0. The van der Waals surface area contributed by atoms with E-state index in [0.29, 0.717) is 31.7 Å². The quantitative estimate of drug-likeness (QED) is 0.793. The van der Waals surface area contributed by atoms with Crippen LogP contribution in [0.3, 0.4) is 0 Å². The zero-order chi connectivity index (χ0) is 20.0. The summed E-state index contributed by atoms with van der Waals surface area (Å²) >= 11 is 0. The fraction of sp³-hybridized carbons (Fsp3) is 0.556. The van der Waals surface area contributed by atoms with Crippen molar-refractivity contribution in [2.45, 2.75) is 39.6 Å². The molecule has 0 bridgehead atoms. The Kier molecular flexibility index (Phi) is 6.81. The van der Waals surface area contributed by atoms with E-state index >= 15 is 0 Å². The van der Waals surface area contributed by atoms with Gasteiger partial charge >= 0.3 is 18.8 Å². The van der Waals surface area contributed by atoms with Gasteiger partial charge in [0.05, 0.1) is 0 Å². The molecule has 1 aliphatic heterocycles. The number of ether oxygens (including phenoxy) is 3. The van der Waals surface area contributed by atoms with Crippen molar-refractivity contribution >= 4 is 12.2 Å². The summed E-state index contributed by atoms with van der Waals surface area (Å²) in [6.07, 6.45) is -0.895. The first kappa shape index (κ1) is 20.7. The Hall–Kier alpha value is -2.58. The Balaban J connectivity index is 1.75. The molecule has 1 aliphatic rings. The van der Waals surface area contributed by atoms with E-state index in [1.165, 1.54) is 17.0 Å². The van der Waals surface area contributed by atoms with Crippen molar-refractivity contribution in [3.8, 4) is 5.75 Å². The lowest BCUT2D eigenvalue weighted by molar-refractivity contribution is -0.0498. The largest absolute Gasteiger partial charge is 0.445 e. The summed E-state index contributed by atoms with van der Waals surface area (Å²) in [6, 6.07) is 5.86. The summed E-state index contributed by atoms with van der Waals surface area (Å²) in [4.78, 5) is 27.2. The van der Waals surface area contributed by atoms with Crippen LogP contribution in [0.25, 0.3) is 0 Å². The third-order valence-corrected chi connectivity index (χ3v) is 3.70. The standard InChI is InChI=1S/C18H24F2N2O5/c1-18(2,3)27-17(24)22-10-8-21(9-11-22)16(23)25-12-13-4-6-14(7-5-13)26-15(19)20/h4-7,15H,8-12H2,1-3H3. The van der Waals surface area contributed by atoms with E-state index in [2.05, 4.69) is 4.74 Å². The fourth-order valence-corrected chi connectivity index (χ4v) is 2.40. The van der Waals surface area contributed by atoms with Gasteiger partial charge in [-0.15, -0.1) is 0 Å². The SMILES string of the molecule is CC(C)(C)OC(=O)N1CCN(C(=O)OCc2ccc(OC(F)F)cc2)CC1. The number of hydrogen-bond donors (Lipinski definition) is 0. The summed E-state index contributed by atoms with van der Waals surface area (Å²) in [5.41, 5.74) is 0.0839. The van der Waals surface area contributed by atoms with E-state index < -0.39 is 24.4 Å². The van der Waals surface area contributed by atoms with Crippen LogP contribution in [-0.4, -0.2) is 60.4 Å². The van der Waals surface area contributed by atoms with E-state index in [1.807, 2.05) is 0 Å². The van der Waals surface area contributed by atoms with E-state index in [1.54, 1.807) is 37.8 Å². The number of piperazine rings is 1. The number of alkyl halides is 2. The van der Waals surface area contributed by atoms with Crippen LogP contribution in [0.5, 0.6) is 5.75 Å². The molecular formula is C18H24F2N2O5. The number of amides is 2. The molecule has 1 aromatic rings. The zero-order valence-electron chi connectivity index (χ0n) is 15.6. The molecule has 0 N–H and O–H groups in total. The monoisotopic (exact) mass is 386 g/mol. The predicted molar refractivity (Wildman–Crippen MR) is 92.6 cm³/mol. The molecule has 0 saturated carbocycles. The first-order chi connectivity index (χ1) is 12.6. The van der Waals surface area contributed by atoms with Crippen molar-refractivity contribution in [2.75, 3.05) is 26.2 Å². The molecule has 1 saturated heterocycles. The number of carbonyl (C=O) groups excluding carboxylic acids is 2. The Morgan fingerprint density at radius 2 is 1.52 bits per heavy atom. The molecule has 1 aromatic carbocycles. The predicted octanol–water partition coefficient (Wildman–Crippen LogP) is 3.48. The molecule has 2 amide bonds. The van der Waals surface area contributed by atoms with Crippen LogP contribution in [0, 0.1) is 0 Å². The molecule has 0 radical (unpaired) electrons. The van der Waals surface area contributed by atoms with Gasteiger partial charge < -0.3 is 24.0 Å². The van der Waals surface area contributed by atoms with Gasteiger partial charge in [0, 0.05) is 26.2 Å². The highest BCUT2D eigenvalue weighted by atomic mass is 19.3. The Morgan fingerprint density at radius 1 is 1.00 bits per heavy atom. The van der Waals surface area contributed by atoms with Crippen LogP contribution in [-0.2, 0) is 16.1 Å². The van der Waals surface area contributed by atoms with Crippen LogP contribution in [0.2, 0.25) is 0 Å². The average Bonchev–Trinajstić information content (AvgIpc) is 2.59. The maximum absolute atomic E-state index is 12.1. The summed E-state index contributed by atoms with van der Waals surface area (Å²) in [5, 5.41) is 0. The number of hydrogen-bond acceptors (Lipinski definition) is 5. The Labute approximate surface area is 156 Å². The van der Waals surface area contributed by atoms with Gasteiger partial charge in [-0.3, -0.25) is 0 Å². The minimum atomic E-state index is -2.88. The van der Waals surface area contributed by atoms with Crippen molar-refractivity contribution in [2.24, 2.45) is 0 Å². The van der Waals surface area contributed by atoms with Crippen LogP contribution >= 0.6 is 0 Å². The highest BCUT2D eigenvalue weighted by Crippen LogP contribution is 2.16. The van der Waals surface area contributed by atoms with Gasteiger partial charge in [0.15, 0.2) is 0 Å². The molecule has 0 atom stereocenters. The highest BCUT2D eigenvalue weighted by Gasteiger charge is 2.28. The smallest absolute Gasteiger partial charge is 0.410 e. The molecular weight excluding hydrogens is 362 g/mol. The van der Waals surface area contributed by atoms with Crippen molar-refractivity contribution in [3.63, 3.8) is 0 Å². The van der Waals surface area contributed by atoms with E-state index in [-0.39, 0.29) is 12.4 Å². The Bertz CT molecular complexity index is 638. The summed E-state index contributed by atoms with van der Waals surface area (Å²) in [5.74, 6) is 0.0401. The van der Waals surface area contributed by atoms with Gasteiger partial charge in [0.25, 0.3) is 0 Å². The van der Waals surface area contributed by atoms with Crippen molar-refractivity contribution in [1.82, 2.24) is 9.80 Å².